The zero-order valence-electron chi connectivity index (χ0n) is 14.2. The van der Waals surface area contributed by atoms with Gasteiger partial charge in [-0.2, -0.15) is 5.10 Å². The summed E-state index contributed by atoms with van der Waals surface area (Å²) in [5.41, 5.74) is 6.42. The van der Waals surface area contributed by atoms with Crippen LogP contribution >= 0.6 is 0 Å². The Balaban J connectivity index is 1.75. The molecule has 2 N–H and O–H groups in total. The minimum absolute atomic E-state index is 0.320. The predicted octanol–water partition coefficient (Wildman–Crippen LogP) is 3.86. The molecule has 0 spiro atoms. The van der Waals surface area contributed by atoms with Gasteiger partial charge >= 0.3 is 5.97 Å². The summed E-state index contributed by atoms with van der Waals surface area (Å²) < 4.78 is 4.79. The van der Waals surface area contributed by atoms with Crippen LogP contribution in [0, 0.1) is 5.41 Å². The summed E-state index contributed by atoms with van der Waals surface area (Å²) in [6.07, 6.45) is 3.23. The Morgan fingerprint density at radius 1 is 1.29 bits per heavy atom. The quantitative estimate of drug-likeness (QED) is 0.704. The summed E-state index contributed by atoms with van der Waals surface area (Å²) in [7, 11) is 1.40. The van der Waals surface area contributed by atoms with E-state index in [0.29, 0.717) is 11.0 Å². The van der Waals surface area contributed by atoms with Gasteiger partial charge in [0, 0.05) is 22.2 Å². The van der Waals surface area contributed by atoms with Gasteiger partial charge in [0.05, 0.1) is 18.4 Å². The van der Waals surface area contributed by atoms with E-state index in [-0.39, 0.29) is 5.97 Å². The SMILES string of the molecule is COC(=O)c1ccc2[nH]c(-c3n[nH]c4c3CCC(C)(C)C4)cc2c1. The van der Waals surface area contributed by atoms with E-state index in [2.05, 4.69) is 35.1 Å². The maximum atomic E-state index is 11.7. The van der Waals surface area contributed by atoms with Crippen LogP contribution in [0.2, 0.25) is 0 Å². The molecule has 0 radical (unpaired) electrons. The Bertz CT molecular complexity index is 933. The maximum absolute atomic E-state index is 11.7. The molecule has 1 aliphatic carbocycles. The van der Waals surface area contributed by atoms with Crippen molar-refractivity contribution < 1.29 is 9.53 Å². The second-order valence-electron chi connectivity index (χ2n) is 7.35. The van der Waals surface area contributed by atoms with Crippen molar-refractivity contribution in [2.45, 2.75) is 33.1 Å². The molecule has 2 aromatic heterocycles. The molecule has 0 unspecified atom stereocenters. The van der Waals surface area contributed by atoms with Crippen molar-refractivity contribution in [3.8, 4) is 11.4 Å². The average molecular weight is 323 g/mol. The Hall–Kier alpha value is -2.56. The van der Waals surface area contributed by atoms with Crippen molar-refractivity contribution in [3.63, 3.8) is 0 Å². The fourth-order valence-electron chi connectivity index (χ4n) is 3.57. The molecule has 1 aromatic carbocycles. The Kier molecular flexibility index (Phi) is 3.27. The summed E-state index contributed by atoms with van der Waals surface area (Å²) in [6, 6.07) is 7.59. The smallest absolute Gasteiger partial charge is 0.337 e. The summed E-state index contributed by atoms with van der Waals surface area (Å²) in [4.78, 5) is 15.1. The highest BCUT2D eigenvalue weighted by Gasteiger charge is 2.29. The van der Waals surface area contributed by atoms with Crippen molar-refractivity contribution in [2.75, 3.05) is 7.11 Å². The highest BCUT2D eigenvalue weighted by Crippen LogP contribution is 2.38. The Labute approximate surface area is 140 Å². The third-order valence-corrected chi connectivity index (χ3v) is 4.96. The van der Waals surface area contributed by atoms with E-state index in [1.807, 2.05) is 12.1 Å². The number of aromatic nitrogens is 3. The van der Waals surface area contributed by atoms with E-state index in [4.69, 9.17) is 4.74 Å². The first-order valence-electron chi connectivity index (χ1n) is 8.24. The molecule has 3 aromatic rings. The molecule has 24 heavy (non-hydrogen) atoms. The van der Waals surface area contributed by atoms with Crippen molar-refractivity contribution >= 4 is 16.9 Å². The van der Waals surface area contributed by atoms with Gasteiger partial charge < -0.3 is 9.72 Å². The lowest BCUT2D eigenvalue weighted by atomic mass is 9.76. The molecule has 0 amide bonds. The Morgan fingerprint density at radius 3 is 2.92 bits per heavy atom. The van der Waals surface area contributed by atoms with E-state index in [9.17, 15) is 4.79 Å². The highest BCUT2D eigenvalue weighted by molar-refractivity contribution is 5.96. The molecule has 4 rings (SSSR count). The second-order valence-corrected chi connectivity index (χ2v) is 7.35. The standard InChI is InChI=1S/C19H21N3O2/c1-19(2)7-6-13-16(10-19)21-22-17(13)15-9-12-8-11(18(23)24-3)4-5-14(12)20-15/h4-5,8-9,20H,6-7,10H2,1-3H3,(H,21,22). The lowest BCUT2D eigenvalue weighted by molar-refractivity contribution is 0.0601. The fraction of sp³-hybridized carbons (Fsp3) is 0.368. The molecule has 0 fully saturated rings. The zero-order valence-corrected chi connectivity index (χ0v) is 14.2. The van der Waals surface area contributed by atoms with Crippen molar-refractivity contribution in [1.29, 1.82) is 0 Å². The van der Waals surface area contributed by atoms with Gasteiger partial charge in [-0.25, -0.2) is 4.79 Å². The lowest BCUT2D eigenvalue weighted by Gasteiger charge is -2.28. The Morgan fingerprint density at radius 2 is 2.12 bits per heavy atom. The van der Waals surface area contributed by atoms with Crippen molar-refractivity contribution in [3.05, 3.63) is 41.1 Å². The normalized spacial score (nSPS) is 16.1. The summed E-state index contributed by atoms with van der Waals surface area (Å²) in [5.74, 6) is -0.320. The molecule has 124 valence electrons. The predicted molar refractivity (Wildman–Crippen MR) is 93.0 cm³/mol. The monoisotopic (exact) mass is 323 g/mol. The molecule has 0 saturated heterocycles. The van der Waals surface area contributed by atoms with E-state index in [1.165, 1.54) is 24.8 Å². The average Bonchev–Trinajstić information content (AvgIpc) is 3.15. The largest absolute Gasteiger partial charge is 0.465 e. The molecule has 2 heterocycles. The van der Waals surface area contributed by atoms with Crippen molar-refractivity contribution in [2.24, 2.45) is 5.41 Å². The van der Waals surface area contributed by atoms with Crippen LogP contribution in [0.4, 0.5) is 0 Å². The number of H-pyrrole nitrogens is 2. The van der Waals surface area contributed by atoms with Crippen LogP contribution in [0.1, 0.15) is 41.9 Å². The number of nitrogens with one attached hydrogen (secondary N) is 2. The van der Waals surface area contributed by atoms with Gasteiger partial charge in [-0.1, -0.05) is 13.8 Å². The molecule has 0 saturated carbocycles. The third-order valence-electron chi connectivity index (χ3n) is 4.96. The summed E-state index contributed by atoms with van der Waals surface area (Å²) >= 11 is 0. The minimum atomic E-state index is -0.320. The van der Waals surface area contributed by atoms with Gasteiger partial charge in [0.25, 0.3) is 0 Å². The fourth-order valence-corrected chi connectivity index (χ4v) is 3.57. The number of methoxy groups -OCH3 is 1. The molecule has 0 atom stereocenters. The van der Waals surface area contributed by atoms with E-state index < -0.39 is 0 Å². The number of aromatic amines is 2. The number of esters is 1. The second kappa shape index (κ2) is 5.23. The number of carbonyl (C=O) groups is 1. The zero-order chi connectivity index (χ0) is 16.9. The molecule has 5 heteroatoms. The van der Waals surface area contributed by atoms with Gasteiger partial charge in [-0.05, 0) is 48.9 Å². The van der Waals surface area contributed by atoms with Gasteiger partial charge in [-0.3, -0.25) is 5.10 Å². The van der Waals surface area contributed by atoms with Crippen molar-refractivity contribution in [1.82, 2.24) is 15.2 Å². The number of carbonyl (C=O) groups excluding carboxylic acids is 1. The summed E-state index contributed by atoms with van der Waals surface area (Å²) in [5, 5.41) is 8.76. The van der Waals surface area contributed by atoms with E-state index in [1.54, 1.807) is 6.07 Å². The topological polar surface area (TPSA) is 70.8 Å². The third kappa shape index (κ3) is 2.40. The first-order valence-corrected chi connectivity index (χ1v) is 8.24. The molecule has 0 aliphatic heterocycles. The van der Waals surface area contributed by atoms with Gasteiger partial charge in [0.2, 0.25) is 0 Å². The number of ether oxygens (including phenoxy) is 1. The first-order chi connectivity index (χ1) is 11.5. The minimum Gasteiger partial charge on any atom is -0.465 e. The maximum Gasteiger partial charge on any atom is 0.337 e. The number of rotatable bonds is 2. The van der Waals surface area contributed by atoms with Crippen LogP contribution in [0.15, 0.2) is 24.3 Å². The van der Waals surface area contributed by atoms with Crippen LogP contribution in [0.3, 0.4) is 0 Å². The van der Waals surface area contributed by atoms with Gasteiger partial charge in [-0.15, -0.1) is 0 Å². The van der Waals surface area contributed by atoms with Gasteiger partial charge in [0.1, 0.15) is 5.69 Å². The van der Waals surface area contributed by atoms with Crippen LogP contribution in [0.25, 0.3) is 22.3 Å². The van der Waals surface area contributed by atoms with Crippen LogP contribution < -0.4 is 0 Å². The molecule has 5 nitrogen and oxygen atoms in total. The molecule has 1 aliphatic rings. The molecular formula is C19H21N3O2. The number of nitrogens with zero attached hydrogens (tertiary/aromatic N) is 1. The molecular weight excluding hydrogens is 302 g/mol. The number of benzene rings is 1. The van der Waals surface area contributed by atoms with Gasteiger partial charge in [0.15, 0.2) is 0 Å². The van der Waals surface area contributed by atoms with Crippen LogP contribution in [-0.4, -0.2) is 28.3 Å². The van der Waals surface area contributed by atoms with E-state index in [0.717, 1.165) is 35.1 Å². The number of hydrogen-bond acceptors (Lipinski definition) is 3. The first kappa shape index (κ1) is 15.0. The highest BCUT2D eigenvalue weighted by atomic mass is 16.5. The van der Waals surface area contributed by atoms with Crippen LogP contribution in [-0.2, 0) is 17.6 Å². The number of hydrogen-bond donors (Lipinski definition) is 2. The van der Waals surface area contributed by atoms with Crippen LogP contribution in [0.5, 0.6) is 0 Å². The summed E-state index contributed by atoms with van der Waals surface area (Å²) in [6.45, 7) is 4.60. The number of fused-ring (bicyclic) bond motifs is 2. The lowest BCUT2D eigenvalue weighted by Crippen LogP contribution is -2.21. The van der Waals surface area contributed by atoms with E-state index >= 15 is 0 Å². The molecule has 0 bridgehead atoms.